The van der Waals surface area contributed by atoms with E-state index in [-0.39, 0.29) is 24.3 Å². The highest BCUT2D eigenvalue weighted by Crippen LogP contribution is 2.42. The quantitative estimate of drug-likeness (QED) is 0.106. The first-order valence-corrected chi connectivity index (χ1v) is 19.1. The largest absolute Gasteiger partial charge is 0.467 e. The highest BCUT2D eigenvalue weighted by Gasteiger charge is 2.33. The summed E-state index contributed by atoms with van der Waals surface area (Å²) in [4.78, 5) is 20.5. The third-order valence-corrected chi connectivity index (χ3v) is 10.3. The van der Waals surface area contributed by atoms with E-state index in [9.17, 15) is 4.79 Å². The van der Waals surface area contributed by atoms with Crippen molar-refractivity contribution >= 4 is 35.6 Å². The fourth-order valence-electron chi connectivity index (χ4n) is 5.55. The van der Waals surface area contributed by atoms with E-state index in [1.54, 1.807) is 16.6 Å². The molecule has 1 aliphatic carbocycles. The third-order valence-electron chi connectivity index (χ3n) is 8.09. The average Bonchev–Trinajstić information content (AvgIpc) is 3.70. The second kappa shape index (κ2) is 11.5. The smallest absolute Gasteiger partial charge is 0.273 e. The van der Waals surface area contributed by atoms with Crippen LogP contribution in [-0.4, -0.2) is 53.4 Å². The summed E-state index contributed by atoms with van der Waals surface area (Å²) in [6.45, 7) is 10.2. The molecule has 220 valence electrons. The summed E-state index contributed by atoms with van der Waals surface area (Å²) >= 11 is 3.38. The van der Waals surface area contributed by atoms with Gasteiger partial charge < -0.3 is 14.4 Å². The number of ether oxygens (including phenoxy) is 2. The Kier molecular flexibility index (Phi) is 7.97. The first-order valence-electron chi connectivity index (χ1n) is 14.6. The van der Waals surface area contributed by atoms with Gasteiger partial charge in [-0.25, -0.2) is 13.9 Å². The van der Waals surface area contributed by atoms with Crippen molar-refractivity contribution in [2.24, 2.45) is 0 Å². The molecular weight excluding hydrogens is 615 g/mol. The summed E-state index contributed by atoms with van der Waals surface area (Å²) in [5.41, 5.74) is 4.94. The molecule has 1 atom stereocenters. The van der Waals surface area contributed by atoms with E-state index >= 15 is 4.39 Å². The molecule has 1 saturated carbocycles. The molecule has 0 bridgehead atoms. The lowest BCUT2D eigenvalue weighted by molar-refractivity contribution is 0.0222. The Hall–Kier alpha value is -3.08. The Balaban J connectivity index is 1.32. The minimum Gasteiger partial charge on any atom is -0.467 e. The van der Waals surface area contributed by atoms with Gasteiger partial charge in [0.05, 0.1) is 11.6 Å². The molecule has 0 unspecified atom stereocenters. The van der Waals surface area contributed by atoms with E-state index in [4.69, 9.17) is 19.6 Å². The monoisotopic (exact) mass is 650 g/mol. The molecule has 3 heterocycles. The number of benzene rings is 2. The Labute approximate surface area is 255 Å². The summed E-state index contributed by atoms with van der Waals surface area (Å²) in [6, 6.07) is 16.0. The number of halogens is 2. The van der Waals surface area contributed by atoms with Gasteiger partial charge in [-0.1, -0.05) is 59.8 Å². The molecule has 2 aliphatic rings. The lowest BCUT2D eigenvalue weighted by atomic mass is 9.93. The number of fused-ring (bicyclic) bond motifs is 2. The van der Waals surface area contributed by atoms with Gasteiger partial charge in [-0.2, -0.15) is 5.10 Å². The molecule has 1 fully saturated rings. The van der Waals surface area contributed by atoms with Crippen molar-refractivity contribution in [3.05, 3.63) is 81.3 Å². The topological polar surface area (TPSA) is 69.0 Å². The number of hydrogen-bond donors (Lipinski definition) is 0. The number of rotatable bonds is 9. The zero-order chi connectivity index (χ0) is 29.6. The standard InChI is InChI=1S/C32H36BrFN4O3Si/c1-20-24-8-6-5-7-21(24)11-12-37(20)32(39)27-17-28(22-9-10-22)38-30(35-27)18-26(36-38)31-25(34)15-23(33)16-29(31)41-19-40-13-14-42(2,3)4/h5-8,15-18,20,22H,9-14,19H2,1-4H3/t20-/m1/s1. The average molecular weight is 652 g/mol. The molecule has 0 spiro atoms. The van der Waals surface area contributed by atoms with E-state index in [1.807, 2.05) is 23.1 Å². The lowest BCUT2D eigenvalue weighted by Gasteiger charge is -2.35. The van der Waals surface area contributed by atoms with Gasteiger partial charge in [0, 0.05) is 43.4 Å². The van der Waals surface area contributed by atoms with Crippen LogP contribution in [0.1, 0.15) is 59.0 Å². The zero-order valence-electron chi connectivity index (χ0n) is 24.5. The van der Waals surface area contributed by atoms with Gasteiger partial charge in [-0.15, -0.1) is 0 Å². The van der Waals surface area contributed by atoms with Crippen LogP contribution in [-0.2, 0) is 11.2 Å². The van der Waals surface area contributed by atoms with Gasteiger partial charge in [-0.3, -0.25) is 4.79 Å². The second-order valence-electron chi connectivity index (χ2n) is 12.5. The van der Waals surface area contributed by atoms with Crippen LogP contribution in [0.4, 0.5) is 4.39 Å². The van der Waals surface area contributed by atoms with Gasteiger partial charge in [-0.05, 0) is 61.6 Å². The van der Waals surface area contributed by atoms with Crippen LogP contribution < -0.4 is 4.74 Å². The van der Waals surface area contributed by atoms with Crippen LogP contribution in [0.3, 0.4) is 0 Å². The predicted octanol–water partition coefficient (Wildman–Crippen LogP) is 7.63. The maximum Gasteiger partial charge on any atom is 0.273 e. The number of nitrogens with zero attached hydrogens (tertiary/aromatic N) is 4. The maximum absolute atomic E-state index is 15.5. The zero-order valence-corrected chi connectivity index (χ0v) is 27.1. The molecule has 0 saturated heterocycles. The summed E-state index contributed by atoms with van der Waals surface area (Å²) < 4.78 is 29.4. The molecule has 0 radical (unpaired) electrons. The number of carbonyl (C=O) groups excluding carboxylic acids is 1. The van der Waals surface area contributed by atoms with Gasteiger partial charge in [0.25, 0.3) is 5.91 Å². The number of aromatic nitrogens is 3. The number of hydrogen-bond acceptors (Lipinski definition) is 5. The highest BCUT2D eigenvalue weighted by atomic mass is 79.9. The van der Waals surface area contributed by atoms with E-state index < -0.39 is 13.9 Å². The molecule has 1 aliphatic heterocycles. The molecule has 4 aromatic rings. The van der Waals surface area contributed by atoms with Gasteiger partial charge in [0.2, 0.25) is 0 Å². The van der Waals surface area contributed by atoms with Crippen LogP contribution in [0.25, 0.3) is 16.9 Å². The molecule has 10 heteroatoms. The van der Waals surface area contributed by atoms with Crippen LogP contribution in [0.2, 0.25) is 25.7 Å². The van der Waals surface area contributed by atoms with E-state index in [0.29, 0.717) is 46.3 Å². The van der Waals surface area contributed by atoms with Crippen LogP contribution in [0.5, 0.6) is 5.75 Å². The van der Waals surface area contributed by atoms with Crippen molar-refractivity contribution in [1.29, 1.82) is 0 Å². The minimum absolute atomic E-state index is 0.0160. The van der Waals surface area contributed by atoms with E-state index in [2.05, 4.69) is 54.6 Å². The van der Waals surface area contributed by atoms with Crippen molar-refractivity contribution in [3.8, 4) is 17.0 Å². The summed E-state index contributed by atoms with van der Waals surface area (Å²) in [5, 5.41) is 4.79. The first kappa shape index (κ1) is 29.0. The third kappa shape index (κ3) is 6.02. The van der Waals surface area contributed by atoms with Crippen LogP contribution in [0, 0.1) is 5.82 Å². The maximum atomic E-state index is 15.5. The molecule has 2 aromatic carbocycles. The molecule has 7 nitrogen and oxygen atoms in total. The van der Waals surface area contributed by atoms with E-state index in [0.717, 1.165) is 31.0 Å². The van der Waals surface area contributed by atoms with Gasteiger partial charge >= 0.3 is 0 Å². The number of amides is 1. The molecular formula is C32H36BrFN4O3Si. The summed E-state index contributed by atoms with van der Waals surface area (Å²) in [6.07, 6.45) is 2.85. The lowest BCUT2D eigenvalue weighted by Crippen LogP contribution is -2.39. The normalized spacial score (nSPS) is 17.0. The Morgan fingerprint density at radius 1 is 1.14 bits per heavy atom. The van der Waals surface area contributed by atoms with Crippen molar-refractivity contribution in [2.45, 2.75) is 63.8 Å². The molecule has 42 heavy (non-hydrogen) atoms. The fourth-order valence-corrected chi connectivity index (χ4v) is 6.72. The Morgan fingerprint density at radius 3 is 2.69 bits per heavy atom. The fraction of sp³-hybridized carbons (Fsp3) is 0.406. The minimum atomic E-state index is -1.24. The van der Waals surface area contributed by atoms with Gasteiger partial charge in [0.15, 0.2) is 12.4 Å². The molecule has 1 amide bonds. The van der Waals surface area contributed by atoms with Crippen molar-refractivity contribution in [3.63, 3.8) is 0 Å². The molecule has 6 rings (SSSR count). The molecule has 0 N–H and O–H groups in total. The SMILES string of the molecule is C[C@@H]1c2ccccc2CCN1C(=O)c1cc(C2CC2)n2nc(-c3c(F)cc(Br)cc3OCOCC[Si](C)(C)C)cc2n1. The van der Waals surface area contributed by atoms with Crippen LogP contribution in [0.15, 0.2) is 53.0 Å². The van der Waals surface area contributed by atoms with Gasteiger partial charge in [0.1, 0.15) is 23.0 Å². The summed E-state index contributed by atoms with van der Waals surface area (Å²) in [7, 11) is -1.24. The van der Waals surface area contributed by atoms with E-state index in [1.165, 1.54) is 17.2 Å². The second-order valence-corrected chi connectivity index (χ2v) is 19.0. The predicted molar refractivity (Wildman–Crippen MR) is 167 cm³/mol. The number of carbonyl (C=O) groups is 1. The molecule has 2 aromatic heterocycles. The first-order chi connectivity index (χ1) is 20.1. The van der Waals surface area contributed by atoms with Crippen molar-refractivity contribution in [2.75, 3.05) is 19.9 Å². The van der Waals surface area contributed by atoms with Crippen molar-refractivity contribution < 1.29 is 18.7 Å². The van der Waals surface area contributed by atoms with Crippen molar-refractivity contribution in [1.82, 2.24) is 19.5 Å². The highest BCUT2D eigenvalue weighted by molar-refractivity contribution is 9.10. The Bertz CT molecular complexity index is 1650. The summed E-state index contributed by atoms with van der Waals surface area (Å²) in [5.74, 6) is 0.0661. The Morgan fingerprint density at radius 2 is 1.93 bits per heavy atom. The van der Waals surface area contributed by atoms with Crippen LogP contribution >= 0.6 is 15.9 Å².